The summed E-state index contributed by atoms with van der Waals surface area (Å²) < 4.78 is 1.94. The van der Waals surface area contributed by atoms with Crippen molar-refractivity contribution in [3.05, 3.63) is 18.0 Å². The van der Waals surface area contributed by atoms with Crippen molar-refractivity contribution < 1.29 is 4.79 Å². The van der Waals surface area contributed by atoms with Gasteiger partial charge >= 0.3 is 0 Å². The van der Waals surface area contributed by atoms with Crippen LogP contribution in [0.25, 0.3) is 0 Å². The largest absolute Gasteiger partial charge is 0.370 e. The quantitative estimate of drug-likeness (QED) is 0.637. The summed E-state index contributed by atoms with van der Waals surface area (Å²) in [5, 5.41) is 7.49. The van der Waals surface area contributed by atoms with E-state index < -0.39 is 0 Å². The van der Waals surface area contributed by atoms with Crippen LogP contribution in [0.3, 0.4) is 0 Å². The van der Waals surface area contributed by atoms with E-state index in [4.69, 9.17) is 5.73 Å². The maximum absolute atomic E-state index is 10.5. The molecule has 0 aliphatic carbocycles. The van der Waals surface area contributed by atoms with Crippen LogP contribution in [0, 0.1) is 0 Å². The number of rotatable bonds is 8. The molecule has 1 aromatic rings. The molecule has 16 heavy (non-hydrogen) atoms. The zero-order valence-corrected chi connectivity index (χ0v) is 9.78. The molecule has 0 saturated heterocycles. The minimum absolute atomic E-state index is 0.238. The van der Waals surface area contributed by atoms with Crippen molar-refractivity contribution in [3.63, 3.8) is 0 Å². The molecule has 1 rings (SSSR count). The lowest BCUT2D eigenvalue weighted by Gasteiger charge is -2.01. The number of amides is 1. The fourth-order valence-corrected chi connectivity index (χ4v) is 1.47. The lowest BCUT2D eigenvalue weighted by atomic mass is 10.3. The van der Waals surface area contributed by atoms with Crippen LogP contribution in [-0.2, 0) is 17.9 Å². The monoisotopic (exact) mass is 224 g/mol. The first-order valence-corrected chi connectivity index (χ1v) is 5.72. The van der Waals surface area contributed by atoms with Gasteiger partial charge in [-0.2, -0.15) is 5.10 Å². The van der Waals surface area contributed by atoms with Gasteiger partial charge in [-0.3, -0.25) is 9.48 Å². The first-order valence-electron chi connectivity index (χ1n) is 5.72. The molecule has 1 aromatic heterocycles. The van der Waals surface area contributed by atoms with Gasteiger partial charge in [-0.15, -0.1) is 0 Å². The molecule has 0 bridgehead atoms. The van der Waals surface area contributed by atoms with Gasteiger partial charge in [0.2, 0.25) is 5.91 Å². The molecular weight excluding hydrogens is 204 g/mol. The normalized spacial score (nSPS) is 10.6. The molecule has 0 unspecified atom stereocenters. The predicted molar refractivity (Wildman–Crippen MR) is 62.7 cm³/mol. The van der Waals surface area contributed by atoms with Crippen molar-refractivity contribution in [1.29, 1.82) is 0 Å². The predicted octanol–water partition coefficient (Wildman–Crippen LogP) is 0.648. The third-order valence-electron chi connectivity index (χ3n) is 2.25. The number of hydrogen-bond acceptors (Lipinski definition) is 3. The summed E-state index contributed by atoms with van der Waals surface area (Å²) >= 11 is 0. The van der Waals surface area contributed by atoms with Crippen molar-refractivity contribution >= 4 is 5.91 Å². The highest BCUT2D eigenvalue weighted by atomic mass is 16.1. The second kappa shape index (κ2) is 7.00. The van der Waals surface area contributed by atoms with Gasteiger partial charge in [0, 0.05) is 31.3 Å². The van der Waals surface area contributed by atoms with E-state index in [0.717, 1.165) is 32.5 Å². The first-order chi connectivity index (χ1) is 7.72. The third kappa shape index (κ3) is 4.93. The number of nitrogens with zero attached hydrogens (tertiary/aromatic N) is 2. The maximum atomic E-state index is 10.5. The summed E-state index contributed by atoms with van der Waals surface area (Å²) in [6, 6.07) is 0. The van der Waals surface area contributed by atoms with E-state index in [2.05, 4.69) is 17.3 Å². The summed E-state index contributed by atoms with van der Waals surface area (Å²) in [6.45, 7) is 4.69. The molecule has 1 heterocycles. The van der Waals surface area contributed by atoms with E-state index in [0.29, 0.717) is 6.42 Å². The topological polar surface area (TPSA) is 72.9 Å². The molecular formula is C11H20N4O. The van der Waals surface area contributed by atoms with E-state index in [1.54, 1.807) is 0 Å². The smallest absolute Gasteiger partial charge is 0.217 e. The molecule has 5 heteroatoms. The minimum atomic E-state index is -0.238. The van der Waals surface area contributed by atoms with Crippen LogP contribution in [0.4, 0.5) is 0 Å². The zero-order valence-electron chi connectivity index (χ0n) is 9.78. The molecule has 0 radical (unpaired) electrons. The fraction of sp³-hybridized carbons (Fsp3) is 0.636. The average molecular weight is 224 g/mol. The van der Waals surface area contributed by atoms with Gasteiger partial charge in [0.15, 0.2) is 0 Å². The standard InChI is InChI=1S/C11H20N4O/c1-2-6-15-9-10(8-14-15)7-13-5-3-4-11(12)16/h8-9,13H,2-7H2,1H3,(H2,12,16). The highest BCUT2D eigenvalue weighted by molar-refractivity contribution is 5.73. The van der Waals surface area contributed by atoms with Gasteiger partial charge in [0.25, 0.3) is 0 Å². The number of aryl methyl sites for hydroxylation is 1. The number of carbonyl (C=O) groups excluding carboxylic acids is 1. The van der Waals surface area contributed by atoms with Gasteiger partial charge in [0.1, 0.15) is 0 Å². The Labute approximate surface area is 96.0 Å². The number of carbonyl (C=O) groups is 1. The van der Waals surface area contributed by atoms with E-state index >= 15 is 0 Å². The van der Waals surface area contributed by atoms with E-state index in [1.165, 1.54) is 5.56 Å². The second-order valence-electron chi connectivity index (χ2n) is 3.86. The summed E-state index contributed by atoms with van der Waals surface area (Å²) in [4.78, 5) is 10.5. The Morgan fingerprint density at radius 2 is 2.44 bits per heavy atom. The van der Waals surface area contributed by atoms with Crippen LogP contribution in [-0.4, -0.2) is 22.2 Å². The Balaban J connectivity index is 2.14. The van der Waals surface area contributed by atoms with Crippen molar-refractivity contribution in [2.45, 2.75) is 39.3 Å². The fourth-order valence-electron chi connectivity index (χ4n) is 1.47. The van der Waals surface area contributed by atoms with Gasteiger partial charge < -0.3 is 11.1 Å². The van der Waals surface area contributed by atoms with Gasteiger partial charge in [0.05, 0.1) is 6.20 Å². The maximum Gasteiger partial charge on any atom is 0.217 e. The highest BCUT2D eigenvalue weighted by Crippen LogP contribution is 1.98. The average Bonchev–Trinajstić information content (AvgIpc) is 2.65. The molecule has 5 nitrogen and oxygen atoms in total. The number of aromatic nitrogens is 2. The molecule has 0 spiro atoms. The molecule has 0 atom stereocenters. The van der Waals surface area contributed by atoms with Crippen molar-refractivity contribution in [3.8, 4) is 0 Å². The molecule has 0 fully saturated rings. The van der Waals surface area contributed by atoms with Crippen LogP contribution >= 0.6 is 0 Å². The van der Waals surface area contributed by atoms with E-state index in [-0.39, 0.29) is 5.91 Å². The number of nitrogens with one attached hydrogen (secondary N) is 1. The SMILES string of the molecule is CCCn1cc(CNCCCC(N)=O)cn1. The van der Waals surface area contributed by atoms with E-state index in [9.17, 15) is 4.79 Å². The molecule has 0 aliphatic rings. The summed E-state index contributed by atoms with van der Waals surface area (Å²) in [5.41, 5.74) is 6.22. The third-order valence-corrected chi connectivity index (χ3v) is 2.25. The minimum Gasteiger partial charge on any atom is -0.370 e. The van der Waals surface area contributed by atoms with Gasteiger partial charge in [-0.05, 0) is 19.4 Å². The zero-order chi connectivity index (χ0) is 11.8. The summed E-state index contributed by atoms with van der Waals surface area (Å²) in [7, 11) is 0. The summed E-state index contributed by atoms with van der Waals surface area (Å²) in [5.74, 6) is -0.238. The Bertz CT molecular complexity index is 322. The molecule has 0 aliphatic heterocycles. The lowest BCUT2D eigenvalue weighted by Crippen LogP contribution is -2.17. The van der Waals surface area contributed by atoms with Crippen LogP contribution in [0.1, 0.15) is 31.7 Å². The van der Waals surface area contributed by atoms with Gasteiger partial charge in [-0.1, -0.05) is 6.92 Å². The van der Waals surface area contributed by atoms with Crippen molar-refractivity contribution in [2.24, 2.45) is 5.73 Å². The van der Waals surface area contributed by atoms with Crippen LogP contribution < -0.4 is 11.1 Å². The second-order valence-corrected chi connectivity index (χ2v) is 3.86. The molecule has 90 valence electrons. The number of hydrogen-bond donors (Lipinski definition) is 2. The van der Waals surface area contributed by atoms with Gasteiger partial charge in [-0.25, -0.2) is 0 Å². The number of primary amides is 1. The Kier molecular flexibility index (Phi) is 5.56. The molecule has 0 aromatic carbocycles. The van der Waals surface area contributed by atoms with Crippen molar-refractivity contribution in [2.75, 3.05) is 6.54 Å². The van der Waals surface area contributed by atoms with E-state index in [1.807, 2.05) is 17.1 Å². The summed E-state index contributed by atoms with van der Waals surface area (Å²) in [6.07, 6.45) is 6.25. The lowest BCUT2D eigenvalue weighted by molar-refractivity contribution is -0.118. The first kappa shape index (κ1) is 12.7. The number of nitrogens with two attached hydrogens (primary N) is 1. The van der Waals surface area contributed by atoms with Crippen LogP contribution in [0.5, 0.6) is 0 Å². The molecule has 3 N–H and O–H groups in total. The molecule has 0 saturated carbocycles. The van der Waals surface area contributed by atoms with Crippen molar-refractivity contribution in [1.82, 2.24) is 15.1 Å². The Morgan fingerprint density at radius 3 is 3.12 bits per heavy atom. The Morgan fingerprint density at radius 1 is 1.62 bits per heavy atom. The molecule has 1 amide bonds. The van der Waals surface area contributed by atoms with Crippen LogP contribution in [0.2, 0.25) is 0 Å². The highest BCUT2D eigenvalue weighted by Gasteiger charge is 1.98. The Hall–Kier alpha value is -1.36. The van der Waals surface area contributed by atoms with Crippen LogP contribution in [0.15, 0.2) is 12.4 Å².